The summed E-state index contributed by atoms with van der Waals surface area (Å²) in [6.45, 7) is 3.41. The van der Waals surface area contributed by atoms with Crippen LogP contribution in [0, 0.1) is 5.92 Å². The summed E-state index contributed by atoms with van der Waals surface area (Å²) in [7, 11) is 0. The molecule has 0 aliphatic rings. The Hall–Kier alpha value is -1.49. The molecule has 16 heavy (non-hydrogen) atoms. The molecule has 0 aliphatic carbocycles. The van der Waals surface area contributed by atoms with Crippen LogP contribution in [0.4, 0.5) is 0 Å². The number of nitrogens with two attached hydrogens (primary N) is 1. The average molecular weight is 222 g/mol. The van der Waals surface area contributed by atoms with Gasteiger partial charge in [-0.2, -0.15) is 0 Å². The second kappa shape index (κ2) is 6.90. The van der Waals surface area contributed by atoms with Crippen LogP contribution in [-0.2, 0) is 0 Å². The van der Waals surface area contributed by atoms with Crippen molar-refractivity contribution in [3.05, 3.63) is 24.3 Å². The third-order valence-corrected chi connectivity index (χ3v) is 2.53. The largest absolute Gasteiger partial charge is 0.352 e. The Labute approximate surface area is 95.5 Å². The number of amides is 1. The number of carbonyl (C=O) groups excluding carboxylic acids is 1. The molecule has 1 heterocycles. The molecule has 0 bridgehead atoms. The van der Waals surface area contributed by atoms with Crippen LogP contribution >= 0.6 is 0 Å². The van der Waals surface area contributed by atoms with Gasteiger partial charge in [0.15, 0.2) is 0 Å². The monoisotopic (exact) mass is 222 g/mol. The van der Waals surface area contributed by atoms with Crippen LogP contribution in [0.2, 0.25) is 0 Å². The van der Waals surface area contributed by atoms with E-state index in [1.165, 1.54) is 18.7 Å². The Morgan fingerprint density at radius 2 is 2.19 bits per heavy atom. The summed E-state index contributed by atoms with van der Waals surface area (Å²) in [5.74, 6) is 0.314. The second-order valence-corrected chi connectivity index (χ2v) is 3.69. The molecule has 1 rings (SSSR count). The first kappa shape index (κ1) is 12.6. The van der Waals surface area contributed by atoms with Gasteiger partial charge in [0.1, 0.15) is 6.33 Å². The average Bonchev–Trinajstić information content (AvgIpc) is 2.35. The van der Waals surface area contributed by atoms with Crippen molar-refractivity contribution in [3.63, 3.8) is 0 Å². The zero-order chi connectivity index (χ0) is 11.8. The number of carbonyl (C=O) groups is 1. The molecule has 5 heteroatoms. The van der Waals surface area contributed by atoms with E-state index < -0.39 is 0 Å². The SMILES string of the molecule is CCC(CCN)CNC(=O)c1cncnc1. The molecule has 3 N–H and O–H groups in total. The fraction of sp³-hybridized carbons (Fsp3) is 0.545. The van der Waals surface area contributed by atoms with Crippen LogP contribution in [0.15, 0.2) is 18.7 Å². The van der Waals surface area contributed by atoms with E-state index in [1.807, 2.05) is 0 Å². The van der Waals surface area contributed by atoms with Crippen molar-refractivity contribution in [2.75, 3.05) is 13.1 Å². The van der Waals surface area contributed by atoms with Gasteiger partial charge in [-0.25, -0.2) is 9.97 Å². The summed E-state index contributed by atoms with van der Waals surface area (Å²) in [6.07, 6.45) is 6.36. The predicted molar refractivity (Wildman–Crippen MR) is 61.8 cm³/mol. The molecule has 0 spiro atoms. The van der Waals surface area contributed by atoms with Crippen LogP contribution in [-0.4, -0.2) is 29.0 Å². The fourth-order valence-electron chi connectivity index (χ4n) is 1.44. The smallest absolute Gasteiger partial charge is 0.254 e. The molecule has 0 saturated carbocycles. The van der Waals surface area contributed by atoms with E-state index in [4.69, 9.17) is 5.73 Å². The number of hydrogen-bond donors (Lipinski definition) is 2. The maximum absolute atomic E-state index is 11.6. The van der Waals surface area contributed by atoms with Crippen LogP contribution in [0.5, 0.6) is 0 Å². The zero-order valence-electron chi connectivity index (χ0n) is 9.52. The lowest BCUT2D eigenvalue weighted by molar-refractivity contribution is 0.0945. The van der Waals surface area contributed by atoms with Crippen molar-refractivity contribution in [2.45, 2.75) is 19.8 Å². The van der Waals surface area contributed by atoms with Crippen LogP contribution in [0.25, 0.3) is 0 Å². The molecule has 1 unspecified atom stereocenters. The first-order valence-electron chi connectivity index (χ1n) is 5.51. The topological polar surface area (TPSA) is 80.9 Å². The Morgan fingerprint density at radius 3 is 2.75 bits per heavy atom. The minimum Gasteiger partial charge on any atom is -0.352 e. The highest BCUT2D eigenvalue weighted by Crippen LogP contribution is 2.05. The molecule has 0 saturated heterocycles. The van der Waals surface area contributed by atoms with Gasteiger partial charge in [0.25, 0.3) is 5.91 Å². The Balaban J connectivity index is 2.40. The van der Waals surface area contributed by atoms with Crippen molar-refractivity contribution in [2.24, 2.45) is 11.7 Å². The van der Waals surface area contributed by atoms with E-state index in [0.717, 1.165) is 12.8 Å². The molecule has 0 fully saturated rings. The van der Waals surface area contributed by atoms with E-state index in [0.29, 0.717) is 24.6 Å². The minimum atomic E-state index is -0.129. The number of nitrogens with zero attached hydrogens (tertiary/aromatic N) is 2. The van der Waals surface area contributed by atoms with Crippen LogP contribution in [0.1, 0.15) is 30.1 Å². The van der Waals surface area contributed by atoms with Gasteiger partial charge in [-0.3, -0.25) is 4.79 Å². The fourth-order valence-corrected chi connectivity index (χ4v) is 1.44. The summed E-state index contributed by atoms with van der Waals surface area (Å²) in [6, 6.07) is 0. The van der Waals surface area contributed by atoms with Crippen molar-refractivity contribution >= 4 is 5.91 Å². The third-order valence-electron chi connectivity index (χ3n) is 2.53. The predicted octanol–water partition coefficient (Wildman–Crippen LogP) is 0.581. The molecule has 1 amide bonds. The lowest BCUT2D eigenvalue weighted by Crippen LogP contribution is -2.30. The number of hydrogen-bond acceptors (Lipinski definition) is 4. The molecule has 1 atom stereocenters. The quantitative estimate of drug-likeness (QED) is 0.737. The molecule has 0 aromatic carbocycles. The first-order chi connectivity index (χ1) is 7.77. The van der Waals surface area contributed by atoms with E-state index in [9.17, 15) is 4.79 Å². The summed E-state index contributed by atoms with van der Waals surface area (Å²) < 4.78 is 0. The third kappa shape index (κ3) is 3.94. The van der Waals surface area contributed by atoms with Crippen molar-refractivity contribution in [3.8, 4) is 0 Å². The number of rotatable bonds is 6. The normalized spacial score (nSPS) is 12.1. The molecule has 5 nitrogen and oxygen atoms in total. The maximum Gasteiger partial charge on any atom is 0.254 e. The van der Waals surface area contributed by atoms with Gasteiger partial charge in [0, 0.05) is 18.9 Å². The Bertz CT molecular complexity index is 315. The Kier molecular flexibility index (Phi) is 5.42. The zero-order valence-corrected chi connectivity index (χ0v) is 9.52. The van der Waals surface area contributed by atoms with Gasteiger partial charge in [-0.15, -0.1) is 0 Å². The van der Waals surface area contributed by atoms with Crippen LogP contribution < -0.4 is 11.1 Å². The Morgan fingerprint density at radius 1 is 1.50 bits per heavy atom. The van der Waals surface area contributed by atoms with Gasteiger partial charge in [0.2, 0.25) is 0 Å². The van der Waals surface area contributed by atoms with Gasteiger partial charge >= 0.3 is 0 Å². The van der Waals surface area contributed by atoms with Crippen molar-refractivity contribution in [1.82, 2.24) is 15.3 Å². The van der Waals surface area contributed by atoms with Crippen LogP contribution in [0.3, 0.4) is 0 Å². The van der Waals surface area contributed by atoms with Gasteiger partial charge in [-0.05, 0) is 18.9 Å². The number of nitrogens with one attached hydrogen (secondary N) is 1. The maximum atomic E-state index is 11.6. The summed E-state index contributed by atoms with van der Waals surface area (Å²) in [5.41, 5.74) is 5.98. The lowest BCUT2D eigenvalue weighted by Gasteiger charge is -2.14. The summed E-state index contributed by atoms with van der Waals surface area (Å²) in [5, 5.41) is 2.86. The van der Waals surface area contributed by atoms with E-state index in [1.54, 1.807) is 0 Å². The summed E-state index contributed by atoms with van der Waals surface area (Å²) >= 11 is 0. The minimum absolute atomic E-state index is 0.129. The molecule has 1 aromatic rings. The van der Waals surface area contributed by atoms with Crippen molar-refractivity contribution in [1.29, 1.82) is 0 Å². The molecular formula is C11H18N4O. The lowest BCUT2D eigenvalue weighted by atomic mass is 10.0. The molecule has 0 radical (unpaired) electrons. The van der Waals surface area contributed by atoms with Gasteiger partial charge in [-0.1, -0.05) is 13.3 Å². The highest BCUT2D eigenvalue weighted by Gasteiger charge is 2.09. The molecule has 0 aliphatic heterocycles. The van der Waals surface area contributed by atoms with Gasteiger partial charge in [0.05, 0.1) is 5.56 Å². The van der Waals surface area contributed by atoms with E-state index >= 15 is 0 Å². The van der Waals surface area contributed by atoms with E-state index in [-0.39, 0.29) is 5.91 Å². The van der Waals surface area contributed by atoms with Crippen molar-refractivity contribution < 1.29 is 4.79 Å². The highest BCUT2D eigenvalue weighted by atomic mass is 16.1. The summed E-state index contributed by atoms with van der Waals surface area (Å²) in [4.78, 5) is 19.2. The second-order valence-electron chi connectivity index (χ2n) is 3.69. The number of aromatic nitrogens is 2. The first-order valence-corrected chi connectivity index (χ1v) is 5.51. The van der Waals surface area contributed by atoms with Gasteiger partial charge < -0.3 is 11.1 Å². The molecule has 88 valence electrons. The van der Waals surface area contributed by atoms with E-state index in [2.05, 4.69) is 22.2 Å². The molecule has 1 aromatic heterocycles. The highest BCUT2D eigenvalue weighted by molar-refractivity contribution is 5.93. The standard InChI is InChI=1S/C11H18N4O/c1-2-9(3-4-12)5-15-11(16)10-6-13-8-14-7-10/h6-9H,2-5,12H2,1H3,(H,15,16). The molecular weight excluding hydrogens is 204 g/mol.